The molecule has 6 rings (SSSR count). The molecule has 4 aromatic rings. The van der Waals surface area contributed by atoms with E-state index in [4.69, 9.17) is 19.8 Å². The monoisotopic (exact) mass is 571 g/mol. The molecule has 2 fully saturated rings. The first kappa shape index (κ1) is 31.8. The van der Waals surface area contributed by atoms with Crippen molar-refractivity contribution >= 4 is 21.5 Å². The Balaban J connectivity index is 0.000000763. The number of nitrogens with two attached hydrogens (primary N) is 1. The molecule has 0 atom stereocenters. The van der Waals surface area contributed by atoms with Gasteiger partial charge in [-0.05, 0) is 112 Å². The number of hydrogen-bond acceptors (Lipinski definition) is 5. The van der Waals surface area contributed by atoms with Gasteiger partial charge in [0.1, 0.15) is 11.5 Å². The summed E-state index contributed by atoms with van der Waals surface area (Å²) in [5, 5.41) is 19.3. The van der Waals surface area contributed by atoms with Crippen LogP contribution in [0.5, 0.6) is 11.5 Å². The Bertz CT molecular complexity index is 1260. The average Bonchev–Trinajstić information content (AvgIpc) is 3.05. The summed E-state index contributed by atoms with van der Waals surface area (Å²) in [5.41, 5.74) is 2.85. The van der Waals surface area contributed by atoms with Gasteiger partial charge in [-0.2, -0.15) is 0 Å². The van der Waals surface area contributed by atoms with Gasteiger partial charge in [-0.25, -0.2) is 5.90 Å². The molecule has 0 aliphatic heterocycles. The van der Waals surface area contributed by atoms with E-state index in [0.29, 0.717) is 12.2 Å². The van der Waals surface area contributed by atoms with Gasteiger partial charge in [0.15, 0.2) is 0 Å². The topological polar surface area (TPSA) is 84.9 Å². The zero-order valence-electron chi connectivity index (χ0n) is 25.3. The van der Waals surface area contributed by atoms with Gasteiger partial charge in [0.2, 0.25) is 0 Å². The number of aliphatic hydroxyl groups excluding tert-OH is 1. The van der Waals surface area contributed by atoms with E-state index in [1.54, 1.807) is 6.92 Å². The Morgan fingerprint density at radius 3 is 1.31 bits per heavy atom. The first-order valence-corrected chi connectivity index (χ1v) is 16.0. The lowest BCUT2D eigenvalue weighted by molar-refractivity contribution is 0.157. The largest absolute Gasteiger partial charge is 0.490 e. The van der Waals surface area contributed by atoms with Gasteiger partial charge in [-0.1, -0.05) is 73.5 Å². The van der Waals surface area contributed by atoms with Crippen molar-refractivity contribution in [1.82, 2.24) is 0 Å². The van der Waals surface area contributed by atoms with E-state index in [-0.39, 0.29) is 6.61 Å². The number of benzene rings is 4. The second-order valence-corrected chi connectivity index (χ2v) is 11.5. The molecule has 4 aromatic carbocycles. The smallest absolute Gasteiger partial charge is 0.127 e. The van der Waals surface area contributed by atoms with Crippen molar-refractivity contribution in [1.29, 1.82) is 0 Å². The van der Waals surface area contributed by atoms with Gasteiger partial charge in [0.05, 0.1) is 12.2 Å². The second kappa shape index (κ2) is 17.1. The summed E-state index contributed by atoms with van der Waals surface area (Å²) in [6.45, 7) is 1.93. The highest BCUT2D eigenvalue weighted by atomic mass is 16.5. The number of fused-ring (bicyclic) bond motifs is 2. The van der Waals surface area contributed by atoms with Crippen molar-refractivity contribution in [2.45, 2.75) is 103 Å². The highest BCUT2D eigenvalue weighted by Crippen LogP contribution is 2.34. The Kier molecular flexibility index (Phi) is 13.0. The molecule has 0 aromatic heterocycles. The minimum Gasteiger partial charge on any atom is -0.490 e. The van der Waals surface area contributed by atoms with Gasteiger partial charge in [-0.15, -0.1) is 0 Å². The van der Waals surface area contributed by atoms with Crippen LogP contribution in [0.1, 0.15) is 88.7 Å². The number of aliphatic hydroxyl groups is 1. The van der Waals surface area contributed by atoms with Gasteiger partial charge in [0, 0.05) is 17.4 Å². The molecule has 2 aliphatic carbocycles. The highest BCUT2D eigenvalue weighted by molar-refractivity contribution is 5.92. The maximum absolute atomic E-state index is 7.57. The van der Waals surface area contributed by atoms with Crippen LogP contribution in [-0.4, -0.2) is 29.1 Å². The average molecular weight is 572 g/mol. The number of hydrogen-bond donors (Lipinski definition) is 3. The van der Waals surface area contributed by atoms with Crippen LogP contribution in [0.25, 0.3) is 21.5 Å². The van der Waals surface area contributed by atoms with Gasteiger partial charge in [0.25, 0.3) is 0 Å². The molecule has 0 unspecified atom stereocenters. The summed E-state index contributed by atoms with van der Waals surface area (Å²) in [5.74, 6) is 5.62. The number of ether oxygens (including phenoxy) is 2. The fourth-order valence-electron chi connectivity index (χ4n) is 6.50. The standard InChI is InChI=1S/C35H40O2.C2H6O.H3NO/c1-3-14-28(15-4-1)36-34-24-22-26(30-18-7-9-20-32(30)34)12-11-13-27-23-25-35(33-21-10-8-19-31(27)33)37-29-16-5-2-6-17-29;1-2-3;1-2/h7-10,18-25,28-29H,1-6,11-17H2;3H,2H2,1H3;2H,1H2. The second-order valence-electron chi connectivity index (χ2n) is 11.5. The third kappa shape index (κ3) is 8.47. The third-order valence-electron chi connectivity index (χ3n) is 8.53. The molecule has 42 heavy (non-hydrogen) atoms. The van der Waals surface area contributed by atoms with E-state index >= 15 is 0 Å². The number of rotatable bonds is 8. The van der Waals surface area contributed by atoms with Crippen LogP contribution < -0.4 is 15.4 Å². The number of aryl methyl sites for hydroxylation is 2. The first-order chi connectivity index (χ1) is 20.8. The van der Waals surface area contributed by atoms with Crippen LogP contribution in [0.2, 0.25) is 0 Å². The SMILES string of the molecule is CCO.NO.c1ccc2c(OC3CCCCC3)ccc(CCCc3ccc(OC4CCCCC4)c4ccccc34)c2c1. The summed E-state index contributed by atoms with van der Waals surface area (Å²) >= 11 is 0. The highest BCUT2D eigenvalue weighted by Gasteiger charge is 2.18. The summed E-state index contributed by atoms with van der Waals surface area (Å²) < 4.78 is 13.0. The molecule has 5 nitrogen and oxygen atoms in total. The van der Waals surface area contributed by atoms with E-state index in [9.17, 15) is 0 Å². The normalized spacial score (nSPS) is 15.8. The van der Waals surface area contributed by atoms with Crippen LogP contribution in [0.4, 0.5) is 0 Å². The zero-order chi connectivity index (χ0) is 29.6. The quantitative estimate of drug-likeness (QED) is 0.184. The minimum atomic E-state index is 0.250. The molecule has 0 spiro atoms. The molecule has 0 saturated heterocycles. The summed E-state index contributed by atoms with van der Waals surface area (Å²) in [6, 6.07) is 26.7. The van der Waals surface area contributed by atoms with E-state index in [0.717, 1.165) is 30.8 Å². The van der Waals surface area contributed by atoms with Crippen LogP contribution in [0.15, 0.2) is 72.8 Å². The molecule has 226 valence electrons. The lowest BCUT2D eigenvalue weighted by atomic mass is 9.95. The lowest BCUT2D eigenvalue weighted by Crippen LogP contribution is -2.19. The molecule has 0 radical (unpaired) electrons. The van der Waals surface area contributed by atoms with Gasteiger partial charge in [-0.3, -0.25) is 0 Å². The Morgan fingerprint density at radius 2 is 0.929 bits per heavy atom. The molecule has 4 N–H and O–H groups in total. The molecule has 2 aliphatic rings. The predicted octanol–water partition coefficient (Wildman–Crippen LogP) is 8.92. The van der Waals surface area contributed by atoms with Gasteiger partial charge < -0.3 is 19.8 Å². The van der Waals surface area contributed by atoms with E-state index in [1.165, 1.54) is 96.9 Å². The van der Waals surface area contributed by atoms with Crippen molar-refractivity contribution < 1.29 is 19.8 Å². The summed E-state index contributed by atoms with van der Waals surface area (Å²) in [6.07, 6.45) is 16.7. The molecular formula is C37H49NO4. The van der Waals surface area contributed by atoms with Crippen molar-refractivity contribution in [2.24, 2.45) is 5.90 Å². The van der Waals surface area contributed by atoms with E-state index in [2.05, 4.69) is 78.7 Å². The predicted molar refractivity (Wildman–Crippen MR) is 174 cm³/mol. The van der Waals surface area contributed by atoms with Crippen molar-refractivity contribution in [3.8, 4) is 11.5 Å². The van der Waals surface area contributed by atoms with Crippen molar-refractivity contribution in [3.63, 3.8) is 0 Å². The van der Waals surface area contributed by atoms with Crippen LogP contribution in [-0.2, 0) is 12.8 Å². The Hall–Kier alpha value is -3.12. The van der Waals surface area contributed by atoms with Crippen molar-refractivity contribution in [2.75, 3.05) is 6.61 Å². The Labute approximate surface area is 251 Å². The molecule has 2 saturated carbocycles. The van der Waals surface area contributed by atoms with Crippen LogP contribution in [0.3, 0.4) is 0 Å². The first-order valence-electron chi connectivity index (χ1n) is 16.0. The maximum atomic E-state index is 7.57. The third-order valence-corrected chi connectivity index (χ3v) is 8.53. The maximum Gasteiger partial charge on any atom is 0.127 e. The summed E-state index contributed by atoms with van der Waals surface area (Å²) in [4.78, 5) is 0. The fraction of sp³-hybridized carbons (Fsp3) is 0.459. The molecule has 0 heterocycles. The molecule has 0 bridgehead atoms. The molecule has 0 amide bonds. The fourth-order valence-corrected chi connectivity index (χ4v) is 6.50. The summed E-state index contributed by atoms with van der Waals surface area (Å²) in [7, 11) is 0. The molecular weight excluding hydrogens is 522 g/mol. The minimum absolute atomic E-state index is 0.250. The Morgan fingerprint density at radius 1 is 0.571 bits per heavy atom. The van der Waals surface area contributed by atoms with Crippen LogP contribution in [0, 0.1) is 0 Å². The van der Waals surface area contributed by atoms with E-state index < -0.39 is 0 Å². The zero-order valence-corrected chi connectivity index (χ0v) is 25.3. The van der Waals surface area contributed by atoms with Crippen LogP contribution >= 0.6 is 0 Å². The van der Waals surface area contributed by atoms with E-state index in [1.807, 2.05) is 0 Å². The van der Waals surface area contributed by atoms with Crippen molar-refractivity contribution in [3.05, 3.63) is 83.9 Å². The molecule has 5 heteroatoms. The lowest BCUT2D eigenvalue weighted by Gasteiger charge is -2.24. The van der Waals surface area contributed by atoms with Gasteiger partial charge >= 0.3 is 0 Å².